The van der Waals surface area contributed by atoms with Gasteiger partial charge in [0.2, 0.25) is 0 Å². The van der Waals surface area contributed by atoms with Gasteiger partial charge in [0.05, 0.1) is 0 Å². The van der Waals surface area contributed by atoms with Crippen molar-refractivity contribution in [3.05, 3.63) is 108 Å². The molecule has 0 aliphatic heterocycles. The second-order valence-corrected chi connectivity index (χ2v) is 13.3. The highest BCUT2D eigenvalue weighted by Gasteiger charge is 2.21. The minimum atomic E-state index is -2.22. The zero-order valence-corrected chi connectivity index (χ0v) is 29.2. The first-order valence-electron chi connectivity index (χ1n) is 17.9. The average molecular weight is 639 g/mol. The number of aryl methyl sites for hydroxylation is 2. The van der Waals surface area contributed by atoms with Gasteiger partial charge in [0, 0.05) is 11.1 Å². The van der Waals surface area contributed by atoms with Gasteiger partial charge < -0.3 is 13.9 Å². The molecule has 246 valence electrons. The average Bonchev–Trinajstić information content (AvgIpc) is 3.08. The van der Waals surface area contributed by atoms with E-state index in [0.717, 1.165) is 47.9 Å². The summed E-state index contributed by atoms with van der Waals surface area (Å²) >= 11 is 0. The molecule has 0 amide bonds. The third-order valence-electron chi connectivity index (χ3n) is 8.80. The van der Waals surface area contributed by atoms with Gasteiger partial charge in [-0.25, -0.2) is 0 Å². The molecule has 4 rings (SSSR count). The molecule has 0 unspecified atom stereocenters. The van der Waals surface area contributed by atoms with Crippen molar-refractivity contribution in [3.63, 3.8) is 0 Å². The van der Waals surface area contributed by atoms with Gasteiger partial charge in [-0.3, -0.25) is 0 Å². The van der Waals surface area contributed by atoms with Crippen LogP contribution in [0.4, 0.5) is 0 Å². The van der Waals surface area contributed by atoms with Crippen molar-refractivity contribution in [2.45, 2.75) is 117 Å². The fraction of sp³-hybridized carbons (Fsp3) is 0.429. The molecule has 0 aliphatic carbocycles. The standard InChI is InChI=1S/C42H55O3P/c1-3-5-7-9-11-13-17-25-37-31-23-33-39(41(37)35-27-19-15-20-28-35)44-46(43)45-40-34-24-32-38(26-18-14-12-10-8-6-4-2)42(40)36-29-21-16-22-30-36/h15-16,19-24,27-34,43H,3-14,17-18,25-26H2,1-2H3. The Morgan fingerprint density at radius 2 is 0.804 bits per heavy atom. The van der Waals surface area contributed by atoms with Crippen molar-refractivity contribution in [1.29, 1.82) is 0 Å². The first-order chi connectivity index (χ1) is 22.7. The Labute approximate surface area is 280 Å². The number of benzene rings is 4. The maximum Gasteiger partial charge on any atom is 0.460 e. The van der Waals surface area contributed by atoms with Crippen molar-refractivity contribution in [3.8, 4) is 33.8 Å². The van der Waals surface area contributed by atoms with Crippen molar-refractivity contribution >= 4 is 8.60 Å². The van der Waals surface area contributed by atoms with E-state index in [4.69, 9.17) is 9.05 Å². The second kappa shape index (κ2) is 20.9. The van der Waals surface area contributed by atoms with E-state index in [1.54, 1.807) is 0 Å². The summed E-state index contributed by atoms with van der Waals surface area (Å²) in [7, 11) is -2.22. The zero-order valence-electron chi connectivity index (χ0n) is 28.3. The molecule has 0 atom stereocenters. The van der Waals surface area contributed by atoms with E-state index >= 15 is 0 Å². The minimum Gasteiger partial charge on any atom is -0.417 e. The van der Waals surface area contributed by atoms with E-state index in [9.17, 15) is 4.89 Å². The summed E-state index contributed by atoms with van der Waals surface area (Å²) in [5.74, 6) is 1.33. The number of hydrogen-bond donors (Lipinski definition) is 1. The van der Waals surface area contributed by atoms with Gasteiger partial charge in [0.25, 0.3) is 0 Å². The van der Waals surface area contributed by atoms with E-state index in [1.165, 1.54) is 88.2 Å². The van der Waals surface area contributed by atoms with E-state index in [1.807, 2.05) is 36.4 Å². The topological polar surface area (TPSA) is 38.7 Å². The first-order valence-corrected chi connectivity index (χ1v) is 19.0. The number of hydrogen-bond acceptors (Lipinski definition) is 3. The van der Waals surface area contributed by atoms with Crippen molar-refractivity contribution < 1.29 is 13.9 Å². The van der Waals surface area contributed by atoms with Gasteiger partial charge in [-0.15, -0.1) is 0 Å². The summed E-state index contributed by atoms with van der Waals surface area (Å²) in [6, 6.07) is 33.2. The van der Waals surface area contributed by atoms with Crippen LogP contribution < -0.4 is 9.05 Å². The molecule has 4 aromatic carbocycles. The minimum absolute atomic E-state index is 0.667. The lowest BCUT2D eigenvalue weighted by Gasteiger charge is -2.20. The molecule has 0 aliphatic rings. The molecule has 0 saturated carbocycles. The van der Waals surface area contributed by atoms with Gasteiger partial charge in [-0.1, -0.05) is 176 Å². The highest BCUT2D eigenvalue weighted by atomic mass is 31.2. The Morgan fingerprint density at radius 3 is 1.20 bits per heavy atom. The smallest absolute Gasteiger partial charge is 0.417 e. The molecule has 0 spiro atoms. The van der Waals surface area contributed by atoms with Crippen LogP contribution in [0.25, 0.3) is 22.3 Å². The predicted molar refractivity (Wildman–Crippen MR) is 198 cm³/mol. The fourth-order valence-corrected chi connectivity index (χ4v) is 7.00. The molecule has 0 saturated heterocycles. The largest absolute Gasteiger partial charge is 0.460 e. The number of rotatable bonds is 22. The molecule has 0 radical (unpaired) electrons. The Kier molecular flexibility index (Phi) is 16.2. The molecule has 0 aromatic heterocycles. The zero-order chi connectivity index (χ0) is 32.2. The lowest BCUT2D eigenvalue weighted by atomic mass is 9.94. The maximum atomic E-state index is 11.3. The monoisotopic (exact) mass is 638 g/mol. The second-order valence-electron chi connectivity index (χ2n) is 12.5. The summed E-state index contributed by atoms with van der Waals surface area (Å²) in [5, 5.41) is 0. The lowest BCUT2D eigenvalue weighted by Crippen LogP contribution is -2.01. The summed E-state index contributed by atoms with van der Waals surface area (Å²) in [4.78, 5) is 11.3. The van der Waals surface area contributed by atoms with Gasteiger partial charge in [-0.05, 0) is 60.1 Å². The van der Waals surface area contributed by atoms with Gasteiger partial charge >= 0.3 is 8.60 Å². The van der Waals surface area contributed by atoms with E-state index in [-0.39, 0.29) is 0 Å². The van der Waals surface area contributed by atoms with Crippen molar-refractivity contribution in [2.24, 2.45) is 0 Å². The van der Waals surface area contributed by atoms with Crippen LogP contribution in [0.5, 0.6) is 11.5 Å². The van der Waals surface area contributed by atoms with Crippen LogP contribution in [0.3, 0.4) is 0 Å². The Morgan fingerprint density at radius 1 is 0.435 bits per heavy atom. The third-order valence-corrected chi connectivity index (χ3v) is 9.51. The van der Waals surface area contributed by atoms with Crippen LogP contribution in [0.1, 0.15) is 115 Å². The highest BCUT2D eigenvalue weighted by molar-refractivity contribution is 7.41. The lowest BCUT2D eigenvalue weighted by molar-refractivity contribution is 0.382. The molecule has 3 nitrogen and oxygen atoms in total. The molecule has 4 aromatic rings. The van der Waals surface area contributed by atoms with Gasteiger partial charge in [0.15, 0.2) is 0 Å². The summed E-state index contributed by atoms with van der Waals surface area (Å²) in [6.45, 7) is 4.53. The molecular formula is C42H55O3P. The highest BCUT2D eigenvalue weighted by Crippen LogP contribution is 2.45. The summed E-state index contributed by atoms with van der Waals surface area (Å²) in [5.41, 5.74) is 6.80. The van der Waals surface area contributed by atoms with Crippen LogP contribution >= 0.6 is 8.60 Å². The van der Waals surface area contributed by atoms with Crippen molar-refractivity contribution in [2.75, 3.05) is 0 Å². The van der Waals surface area contributed by atoms with E-state index in [0.29, 0.717) is 11.5 Å². The summed E-state index contributed by atoms with van der Waals surface area (Å²) < 4.78 is 12.6. The van der Waals surface area contributed by atoms with Crippen molar-refractivity contribution in [1.82, 2.24) is 0 Å². The summed E-state index contributed by atoms with van der Waals surface area (Å²) in [6.07, 6.45) is 19.8. The Hall–Kier alpha value is -3.13. The first kappa shape index (κ1) is 35.7. The van der Waals surface area contributed by atoms with Gasteiger partial charge in [0.1, 0.15) is 11.5 Å². The molecule has 0 bridgehead atoms. The van der Waals surface area contributed by atoms with E-state index < -0.39 is 8.60 Å². The molecular weight excluding hydrogens is 583 g/mol. The van der Waals surface area contributed by atoms with Gasteiger partial charge in [-0.2, -0.15) is 0 Å². The Balaban J connectivity index is 1.49. The van der Waals surface area contributed by atoms with E-state index in [2.05, 4.69) is 74.5 Å². The van der Waals surface area contributed by atoms with Crippen LogP contribution in [0.2, 0.25) is 0 Å². The predicted octanol–water partition coefficient (Wildman–Crippen LogP) is 13.3. The molecule has 1 N–H and O–H groups in total. The third kappa shape index (κ3) is 11.6. The van der Waals surface area contributed by atoms with Crippen LogP contribution in [-0.2, 0) is 12.8 Å². The fourth-order valence-electron chi connectivity index (χ4n) is 6.32. The maximum absolute atomic E-state index is 11.3. The normalized spacial score (nSPS) is 11.2. The van der Waals surface area contributed by atoms with Crippen LogP contribution in [-0.4, -0.2) is 4.89 Å². The molecule has 46 heavy (non-hydrogen) atoms. The molecule has 0 fully saturated rings. The molecule has 0 heterocycles. The quantitative estimate of drug-likeness (QED) is 0.0687. The van der Waals surface area contributed by atoms with Crippen LogP contribution in [0.15, 0.2) is 97.1 Å². The SMILES string of the molecule is CCCCCCCCCc1cccc(OP(O)Oc2cccc(CCCCCCCCC)c2-c2ccccc2)c1-c1ccccc1. The number of unbranched alkanes of at least 4 members (excludes halogenated alkanes) is 12. The molecule has 4 heteroatoms. The Bertz CT molecular complexity index is 1280. The van der Waals surface area contributed by atoms with Crippen LogP contribution in [0, 0.1) is 0 Å².